The third-order valence-corrected chi connectivity index (χ3v) is 3.50. The van der Waals surface area contributed by atoms with E-state index < -0.39 is 0 Å². The summed E-state index contributed by atoms with van der Waals surface area (Å²) in [7, 11) is 0. The van der Waals surface area contributed by atoms with Crippen molar-refractivity contribution in [2.75, 3.05) is 23.7 Å². The second kappa shape index (κ2) is 6.48. The van der Waals surface area contributed by atoms with E-state index in [1.807, 2.05) is 19.2 Å². The Morgan fingerprint density at radius 1 is 1.29 bits per heavy atom. The summed E-state index contributed by atoms with van der Waals surface area (Å²) in [6, 6.07) is 1.96. The molecule has 0 saturated heterocycles. The highest BCUT2D eigenvalue weighted by molar-refractivity contribution is 5.66. The second-order valence-corrected chi connectivity index (χ2v) is 4.59. The molecule has 1 heterocycles. The van der Waals surface area contributed by atoms with Gasteiger partial charge in [-0.2, -0.15) is 0 Å². The van der Waals surface area contributed by atoms with Crippen LogP contribution in [0.3, 0.4) is 0 Å². The minimum atomic E-state index is 0.719. The average molecular weight is 235 g/mol. The maximum absolute atomic E-state index is 6.11. The van der Waals surface area contributed by atoms with Crippen LogP contribution in [-0.4, -0.2) is 18.1 Å². The molecule has 1 aromatic rings. The monoisotopic (exact) mass is 235 g/mol. The summed E-state index contributed by atoms with van der Waals surface area (Å²) in [6.45, 7) is 10.7. The lowest BCUT2D eigenvalue weighted by Gasteiger charge is -2.27. The van der Waals surface area contributed by atoms with Crippen LogP contribution in [0.5, 0.6) is 0 Å². The highest BCUT2D eigenvalue weighted by Crippen LogP contribution is 2.24. The smallest absolute Gasteiger partial charge is 0.152 e. The molecule has 0 aliphatic carbocycles. The van der Waals surface area contributed by atoms with Gasteiger partial charge in [-0.05, 0) is 31.4 Å². The fourth-order valence-electron chi connectivity index (χ4n) is 2.03. The largest absolute Gasteiger partial charge is 0.396 e. The Hall–Kier alpha value is -1.25. The molecule has 0 radical (unpaired) electrons. The zero-order chi connectivity index (χ0) is 12.8. The SMILES string of the molecule is CCC(CC)CN(CC)c1nccc(C)c1N. The number of nitrogens with zero attached hydrogens (tertiary/aromatic N) is 2. The molecule has 0 amide bonds. The number of aryl methyl sites for hydroxylation is 1. The van der Waals surface area contributed by atoms with Gasteiger partial charge in [0.15, 0.2) is 5.82 Å². The molecule has 3 nitrogen and oxygen atoms in total. The number of nitrogens with two attached hydrogens (primary N) is 1. The van der Waals surface area contributed by atoms with Crippen molar-refractivity contribution in [3.05, 3.63) is 17.8 Å². The van der Waals surface area contributed by atoms with Crippen molar-refractivity contribution >= 4 is 11.5 Å². The van der Waals surface area contributed by atoms with Crippen molar-refractivity contribution in [2.24, 2.45) is 5.92 Å². The Morgan fingerprint density at radius 2 is 1.94 bits per heavy atom. The molecule has 0 aliphatic heterocycles. The van der Waals surface area contributed by atoms with E-state index in [0.29, 0.717) is 0 Å². The third kappa shape index (κ3) is 3.35. The van der Waals surface area contributed by atoms with E-state index in [-0.39, 0.29) is 0 Å². The van der Waals surface area contributed by atoms with Crippen LogP contribution in [0.1, 0.15) is 39.2 Å². The minimum absolute atomic E-state index is 0.719. The quantitative estimate of drug-likeness (QED) is 0.823. The molecule has 3 heteroatoms. The highest BCUT2D eigenvalue weighted by atomic mass is 15.2. The molecular weight excluding hydrogens is 210 g/mol. The molecule has 96 valence electrons. The van der Waals surface area contributed by atoms with E-state index in [2.05, 4.69) is 30.7 Å². The number of nitrogen functional groups attached to an aromatic ring is 1. The average Bonchev–Trinajstić information content (AvgIpc) is 2.35. The lowest BCUT2D eigenvalue weighted by atomic mass is 10.0. The molecule has 0 bridgehead atoms. The Bertz CT molecular complexity index is 345. The number of rotatable bonds is 6. The van der Waals surface area contributed by atoms with Crippen LogP contribution < -0.4 is 10.6 Å². The normalized spacial score (nSPS) is 10.9. The molecular formula is C14H25N3. The van der Waals surface area contributed by atoms with E-state index in [0.717, 1.165) is 36.1 Å². The lowest BCUT2D eigenvalue weighted by molar-refractivity contribution is 0.484. The van der Waals surface area contributed by atoms with E-state index in [4.69, 9.17) is 5.73 Å². The summed E-state index contributed by atoms with van der Waals surface area (Å²) < 4.78 is 0. The van der Waals surface area contributed by atoms with Gasteiger partial charge in [0.1, 0.15) is 0 Å². The van der Waals surface area contributed by atoms with Crippen molar-refractivity contribution in [2.45, 2.75) is 40.5 Å². The Kier molecular flexibility index (Phi) is 5.26. The lowest BCUT2D eigenvalue weighted by Crippen LogP contribution is -2.30. The number of pyridine rings is 1. The number of anilines is 2. The zero-order valence-corrected chi connectivity index (χ0v) is 11.5. The topological polar surface area (TPSA) is 42.2 Å². The molecule has 1 aromatic heterocycles. The van der Waals surface area contributed by atoms with Gasteiger partial charge in [0, 0.05) is 19.3 Å². The van der Waals surface area contributed by atoms with Gasteiger partial charge in [-0.15, -0.1) is 0 Å². The highest BCUT2D eigenvalue weighted by Gasteiger charge is 2.14. The van der Waals surface area contributed by atoms with E-state index in [1.54, 1.807) is 0 Å². The maximum atomic E-state index is 6.11. The fraction of sp³-hybridized carbons (Fsp3) is 0.643. The van der Waals surface area contributed by atoms with Crippen LogP contribution in [0.15, 0.2) is 12.3 Å². The predicted molar refractivity (Wildman–Crippen MR) is 75.3 cm³/mol. The predicted octanol–water partition coefficient (Wildman–Crippen LogP) is 3.23. The van der Waals surface area contributed by atoms with Gasteiger partial charge >= 0.3 is 0 Å². The van der Waals surface area contributed by atoms with Gasteiger partial charge in [-0.3, -0.25) is 0 Å². The van der Waals surface area contributed by atoms with Crippen LogP contribution in [0.2, 0.25) is 0 Å². The van der Waals surface area contributed by atoms with Crippen LogP contribution in [0.4, 0.5) is 11.5 Å². The van der Waals surface area contributed by atoms with Crippen LogP contribution in [0, 0.1) is 12.8 Å². The molecule has 0 spiro atoms. The Morgan fingerprint density at radius 3 is 2.47 bits per heavy atom. The molecule has 0 unspecified atom stereocenters. The Labute approximate surface area is 105 Å². The third-order valence-electron chi connectivity index (χ3n) is 3.50. The number of aromatic nitrogens is 1. The van der Waals surface area contributed by atoms with Crippen molar-refractivity contribution in [3.63, 3.8) is 0 Å². The van der Waals surface area contributed by atoms with Crippen molar-refractivity contribution < 1.29 is 0 Å². The van der Waals surface area contributed by atoms with Crippen LogP contribution in [-0.2, 0) is 0 Å². The van der Waals surface area contributed by atoms with Crippen molar-refractivity contribution in [1.82, 2.24) is 4.98 Å². The summed E-state index contributed by atoms with van der Waals surface area (Å²) >= 11 is 0. The summed E-state index contributed by atoms with van der Waals surface area (Å²) in [5.41, 5.74) is 8.04. The van der Waals surface area contributed by atoms with Crippen LogP contribution in [0.25, 0.3) is 0 Å². The first-order valence-electron chi connectivity index (χ1n) is 6.59. The maximum Gasteiger partial charge on any atom is 0.152 e. The summed E-state index contributed by atoms with van der Waals surface area (Å²) in [5.74, 6) is 1.66. The molecule has 0 aromatic carbocycles. The molecule has 17 heavy (non-hydrogen) atoms. The standard InChI is InChI=1S/C14H25N3/c1-5-12(6-2)10-17(7-3)14-13(15)11(4)8-9-16-14/h8-9,12H,5-7,10,15H2,1-4H3. The molecule has 1 rings (SSSR count). The van der Waals surface area contributed by atoms with E-state index >= 15 is 0 Å². The number of hydrogen-bond donors (Lipinski definition) is 1. The zero-order valence-electron chi connectivity index (χ0n) is 11.5. The fourth-order valence-corrected chi connectivity index (χ4v) is 2.03. The van der Waals surface area contributed by atoms with Gasteiger partial charge in [0.05, 0.1) is 5.69 Å². The summed E-state index contributed by atoms with van der Waals surface area (Å²) in [4.78, 5) is 6.72. The van der Waals surface area contributed by atoms with E-state index in [9.17, 15) is 0 Å². The summed E-state index contributed by atoms with van der Waals surface area (Å²) in [6.07, 6.45) is 4.26. The van der Waals surface area contributed by atoms with Gasteiger partial charge in [-0.1, -0.05) is 26.7 Å². The first kappa shape index (κ1) is 13.8. The first-order chi connectivity index (χ1) is 8.13. The van der Waals surface area contributed by atoms with E-state index in [1.165, 1.54) is 12.8 Å². The molecule has 0 fully saturated rings. The summed E-state index contributed by atoms with van der Waals surface area (Å²) in [5, 5.41) is 0. The van der Waals surface area contributed by atoms with Gasteiger partial charge in [0.2, 0.25) is 0 Å². The molecule has 0 saturated carbocycles. The Balaban J connectivity index is 2.89. The molecule has 0 aliphatic rings. The number of hydrogen-bond acceptors (Lipinski definition) is 3. The van der Waals surface area contributed by atoms with Gasteiger partial charge in [-0.25, -0.2) is 4.98 Å². The minimum Gasteiger partial charge on any atom is -0.396 e. The molecule has 0 atom stereocenters. The van der Waals surface area contributed by atoms with Crippen molar-refractivity contribution in [3.8, 4) is 0 Å². The van der Waals surface area contributed by atoms with Crippen LogP contribution >= 0.6 is 0 Å². The first-order valence-corrected chi connectivity index (χ1v) is 6.59. The second-order valence-electron chi connectivity index (χ2n) is 4.59. The van der Waals surface area contributed by atoms with Gasteiger partial charge < -0.3 is 10.6 Å². The molecule has 2 N–H and O–H groups in total. The van der Waals surface area contributed by atoms with Crippen molar-refractivity contribution in [1.29, 1.82) is 0 Å². The van der Waals surface area contributed by atoms with Gasteiger partial charge in [0.25, 0.3) is 0 Å².